The van der Waals surface area contributed by atoms with Crippen LogP contribution in [0.15, 0.2) is 35.3 Å². The van der Waals surface area contributed by atoms with Gasteiger partial charge in [0.1, 0.15) is 0 Å². The molecular weight excluding hydrogens is 315 g/mol. The number of rotatable bonds is 4. The van der Waals surface area contributed by atoms with E-state index >= 15 is 0 Å². The molecule has 5 nitrogen and oxygen atoms in total. The number of halogens is 2. The topological polar surface area (TPSA) is 71.2 Å². The first-order valence-corrected chi connectivity index (χ1v) is 6.78. The third kappa shape index (κ3) is 4.24. The maximum atomic E-state index is 11.8. The first-order chi connectivity index (χ1) is 9.95. The van der Waals surface area contributed by atoms with Crippen LogP contribution in [0.25, 0.3) is 0 Å². The number of aromatic nitrogens is 1. The second-order valence-corrected chi connectivity index (χ2v) is 5.16. The summed E-state index contributed by atoms with van der Waals surface area (Å²) in [4.78, 5) is 26.2. The van der Waals surface area contributed by atoms with Gasteiger partial charge in [-0.3, -0.25) is 9.59 Å². The maximum absolute atomic E-state index is 11.8. The number of amides is 1. The van der Waals surface area contributed by atoms with Gasteiger partial charge in [0, 0.05) is 28.0 Å². The molecular formula is C14H12Cl2N2O3. The number of aryl methyl sites for hydroxylation is 1. The number of aromatic amines is 1. The van der Waals surface area contributed by atoms with Crippen LogP contribution in [-0.4, -0.2) is 17.5 Å². The molecule has 0 fully saturated rings. The Morgan fingerprint density at radius 3 is 2.57 bits per heavy atom. The molecule has 1 amide bonds. The third-order valence-electron chi connectivity index (χ3n) is 2.59. The summed E-state index contributed by atoms with van der Waals surface area (Å²) < 4.78 is 5.24. The van der Waals surface area contributed by atoms with E-state index in [1.165, 1.54) is 12.3 Å². The van der Waals surface area contributed by atoms with Crippen LogP contribution in [0.3, 0.4) is 0 Å². The molecule has 7 heteroatoms. The largest absolute Gasteiger partial charge is 0.478 e. The number of carbonyl (C=O) groups excluding carboxylic acids is 1. The van der Waals surface area contributed by atoms with Gasteiger partial charge in [-0.25, -0.2) is 0 Å². The minimum Gasteiger partial charge on any atom is -0.478 e. The van der Waals surface area contributed by atoms with Gasteiger partial charge in [-0.15, -0.1) is 0 Å². The summed E-state index contributed by atoms with van der Waals surface area (Å²) in [5, 5.41) is 3.41. The normalized spacial score (nSPS) is 10.2. The lowest BCUT2D eigenvalue weighted by atomic mass is 10.3. The monoisotopic (exact) mass is 326 g/mol. The molecule has 2 aromatic rings. The van der Waals surface area contributed by atoms with E-state index in [9.17, 15) is 9.59 Å². The van der Waals surface area contributed by atoms with E-state index in [4.69, 9.17) is 27.9 Å². The number of H-pyrrole nitrogens is 1. The second kappa shape index (κ2) is 6.65. The molecule has 1 heterocycles. The second-order valence-electron chi connectivity index (χ2n) is 4.29. The van der Waals surface area contributed by atoms with Crippen molar-refractivity contribution in [3.8, 4) is 5.75 Å². The average Bonchev–Trinajstić information content (AvgIpc) is 2.36. The van der Waals surface area contributed by atoms with Gasteiger partial charge in [0.15, 0.2) is 12.4 Å². The molecule has 0 saturated heterocycles. The number of benzene rings is 1. The number of anilines is 1. The lowest BCUT2D eigenvalue weighted by Gasteiger charge is -2.09. The summed E-state index contributed by atoms with van der Waals surface area (Å²) >= 11 is 11.7. The Bertz CT molecular complexity index is 708. The van der Waals surface area contributed by atoms with Gasteiger partial charge in [0.25, 0.3) is 5.91 Å². The first kappa shape index (κ1) is 15.4. The van der Waals surface area contributed by atoms with E-state index in [1.54, 1.807) is 25.1 Å². The van der Waals surface area contributed by atoms with E-state index < -0.39 is 5.91 Å². The first-order valence-electron chi connectivity index (χ1n) is 6.03. The highest BCUT2D eigenvalue weighted by Gasteiger charge is 2.09. The van der Waals surface area contributed by atoms with Gasteiger partial charge >= 0.3 is 0 Å². The number of carbonyl (C=O) groups is 1. The van der Waals surface area contributed by atoms with Gasteiger partial charge in [0.05, 0.1) is 5.69 Å². The van der Waals surface area contributed by atoms with Crippen molar-refractivity contribution < 1.29 is 9.53 Å². The summed E-state index contributed by atoms with van der Waals surface area (Å²) in [6.45, 7) is 1.39. The van der Waals surface area contributed by atoms with Crippen LogP contribution >= 0.6 is 23.2 Å². The fourth-order valence-electron chi connectivity index (χ4n) is 1.71. The summed E-state index contributed by atoms with van der Waals surface area (Å²) in [6.07, 6.45) is 1.51. The molecule has 0 bridgehead atoms. The van der Waals surface area contributed by atoms with Crippen LogP contribution in [0.4, 0.5) is 5.69 Å². The molecule has 0 aliphatic carbocycles. The highest BCUT2D eigenvalue weighted by atomic mass is 35.5. The Hall–Kier alpha value is -1.98. The smallest absolute Gasteiger partial charge is 0.262 e. The molecule has 110 valence electrons. The lowest BCUT2D eigenvalue weighted by molar-refractivity contribution is -0.118. The molecule has 0 atom stereocenters. The van der Waals surface area contributed by atoms with Crippen LogP contribution in [0.1, 0.15) is 5.69 Å². The molecule has 0 spiro atoms. The van der Waals surface area contributed by atoms with Crippen molar-refractivity contribution in [1.29, 1.82) is 0 Å². The van der Waals surface area contributed by atoms with Crippen LogP contribution in [-0.2, 0) is 4.79 Å². The lowest BCUT2D eigenvalue weighted by Crippen LogP contribution is -2.22. The molecule has 2 N–H and O–H groups in total. The van der Waals surface area contributed by atoms with Crippen molar-refractivity contribution in [2.75, 3.05) is 11.9 Å². The van der Waals surface area contributed by atoms with Gasteiger partial charge in [0.2, 0.25) is 5.43 Å². The Labute approximate surface area is 130 Å². The Morgan fingerprint density at radius 2 is 1.95 bits per heavy atom. The maximum Gasteiger partial charge on any atom is 0.262 e. The van der Waals surface area contributed by atoms with Crippen molar-refractivity contribution in [2.45, 2.75) is 6.92 Å². The summed E-state index contributed by atoms with van der Waals surface area (Å²) in [5.74, 6) is -0.298. The summed E-state index contributed by atoms with van der Waals surface area (Å²) in [5.41, 5.74) is 0.728. The van der Waals surface area contributed by atoms with Crippen molar-refractivity contribution in [1.82, 2.24) is 4.98 Å². The molecule has 0 unspecified atom stereocenters. The quantitative estimate of drug-likeness (QED) is 0.907. The summed E-state index contributed by atoms with van der Waals surface area (Å²) in [6, 6.07) is 6.01. The highest BCUT2D eigenvalue weighted by Crippen LogP contribution is 2.22. The van der Waals surface area contributed by atoms with Gasteiger partial charge < -0.3 is 15.0 Å². The zero-order valence-corrected chi connectivity index (χ0v) is 12.6. The predicted octanol–water partition coefficient (Wildman–Crippen LogP) is 3.01. The zero-order chi connectivity index (χ0) is 15.4. The van der Waals surface area contributed by atoms with E-state index in [0.29, 0.717) is 21.4 Å². The fourth-order valence-corrected chi connectivity index (χ4v) is 2.23. The molecule has 2 rings (SSSR count). The zero-order valence-electron chi connectivity index (χ0n) is 11.1. The van der Waals surface area contributed by atoms with Crippen LogP contribution in [0.5, 0.6) is 5.75 Å². The molecule has 0 radical (unpaired) electrons. The van der Waals surface area contributed by atoms with Gasteiger partial charge in [-0.1, -0.05) is 23.2 Å². The van der Waals surface area contributed by atoms with Crippen molar-refractivity contribution >= 4 is 34.8 Å². The number of ether oxygens (including phenoxy) is 1. The van der Waals surface area contributed by atoms with E-state index in [0.717, 1.165) is 0 Å². The standard InChI is InChI=1S/C14H12Cl2N2O3/c1-8-14(12(19)2-3-17-8)21-7-13(20)18-11-5-9(15)4-10(16)6-11/h2-6H,7H2,1H3,(H,17,19)(H,18,20). The van der Waals surface area contributed by atoms with E-state index in [1.807, 2.05) is 0 Å². The molecule has 21 heavy (non-hydrogen) atoms. The van der Waals surface area contributed by atoms with E-state index in [-0.39, 0.29) is 17.8 Å². The van der Waals surface area contributed by atoms with Crippen molar-refractivity contribution in [3.63, 3.8) is 0 Å². The summed E-state index contributed by atoms with van der Waals surface area (Å²) in [7, 11) is 0. The van der Waals surface area contributed by atoms with Crippen LogP contribution in [0, 0.1) is 6.92 Å². The minimum absolute atomic E-state index is 0.122. The number of nitrogens with one attached hydrogen (secondary N) is 2. The van der Waals surface area contributed by atoms with Crippen LogP contribution < -0.4 is 15.5 Å². The number of hydrogen-bond donors (Lipinski definition) is 2. The number of pyridine rings is 1. The van der Waals surface area contributed by atoms with Crippen molar-refractivity contribution in [2.24, 2.45) is 0 Å². The molecule has 0 aliphatic rings. The van der Waals surface area contributed by atoms with Crippen molar-refractivity contribution in [3.05, 3.63) is 56.4 Å². The fraction of sp³-hybridized carbons (Fsp3) is 0.143. The Kier molecular flexibility index (Phi) is 4.88. The Morgan fingerprint density at radius 1 is 1.29 bits per heavy atom. The molecule has 0 saturated carbocycles. The third-order valence-corrected chi connectivity index (χ3v) is 3.03. The minimum atomic E-state index is -0.420. The number of hydrogen-bond acceptors (Lipinski definition) is 3. The molecule has 1 aromatic carbocycles. The van der Waals surface area contributed by atoms with Crippen LogP contribution in [0.2, 0.25) is 10.0 Å². The predicted molar refractivity (Wildman–Crippen MR) is 82.4 cm³/mol. The average molecular weight is 327 g/mol. The highest BCUT2D eigenvalue weighted by molar-refractivity contribution is 6.35. The van der Waals surface area contributed by atoms with Gasteiger partial charge in [-0.05, 0) is 25.1 Å². The van der Waals surface area contributed by atoms with Gasteiger partial charge in [-0.2, -0.15) is 0 Å². The SMILES string of the molecule is Cc1[nH]ccc(=O)c1OCC(=O)Nc1cc(Cl)cc(Cl)c1. The van der Waals surface area contributed by atoms with E-state index in [2.05, 4.69) is 10.3 Å². The molecule has 0 aliphatic heterocycles. The Balaban J connectivity index is 2.01. The molecule has 1 aromatic heterocycles.